The average Bonchev–Trinajstić information content (AvgIpc) is 3.07. The fourth-order valence-electron chi connectivity index (χ4n) is 8.78. The summed E-state index contributed by atoms with van der Waals surface area (Å²) in [6, 6.07) is 0. The Morgan fingerprint density at radius 2 is 1.74 bits per heavy atom. The quantitative estimate of drug-likeness (QED) is 0.356. The highest BCUT2D eigenvalue weighted by Gasteiger charge is 2.61. The van der Waals surface area contributed by atoms with Crippen molar-refractivity contribution in [2.45, 2.75) is 123 Å². The van der Waals surface area contributed by atoms with Crippen LogP contribution in [0.25, 0.3) is 0 Å². The van der Waals surface area contributed by atoms with Crippen molar-refractivity contribution in [3.63, 3.8) is 0 Å². The van der Waals surface area contributed by atoms with Crippen LogP contribution in [0.1, 0.15) is 92.4 Å². The van der Waals surface area contributed by atoms with Gasteiger partial charge in [0.1, 0.15) is 0 Å². The second-order valence-electron chi connectivity index (χ2n) is 13.7. The van der Waals surface area contributed by atoms with Crippen LogP contribution in [0.3, 0.4) is 0 Å². The molecular weight excluding hydrogens is 396 g/mol. The third kappa shape index (κ3) is 3.73. The molecule has 0 saturated heterocycles. The number of aliphatic hydroxyl groups is 1. The third-order valence-electron chi connectivity index (χ3n) is 11.5. The zero-order valence-corrected chi connectivity index (χ0v) is 22.5. The highest BCUT2D eigenvalue weighted by Crippen LogP contribution is 2.68. The van der Waals surface area contributed by atoms with Crippen molar-refractivity contribution in [2.75, 3.05) is 0 Å². The Bertz CT molecular complexity index is 679. The van der Waals surface area contributed by atoms with Crippen LogP contribution in [0.2, 0.25) is 18.1 Å². The molecule has 4 rings (SSSR count). The van der Waals surface area contributed by atoms with Gasteiger partial charge in [0.05, 0.1) is 6.10 Å². The van der Waals surface area contributed by atoms with Crippen LogP contribution in [0.5, 0.6) is 0 Å². The maximum absolute atomic E-state index is 10.5. The van der Waals surface area contributed by atoms with Crippen LogP contribution in [0.4, 0.5) is 0 Å². The minimum Gasteiger partial charge on any atom is -0.414 e. The molecule has 0 amide bonds. The van der Waals surface area contributed by atoms with Gasteiger partial charge in [-0.1, -0.05) is 33.8 Å². The number of hydrogen-bond donors (Lipinski definition) is 1. The molecule has 0 aromatic rings. The number of aliphatic hydroxyl groups excluding tert-OH is 1. The second kappa shape index (κ2) is 7.98. The Kier molecular flexibility index (Phi) is 6.18. The molecule has 1 unspecified atom stereocenters. The lowest BCUT2D eigenvalue weighted by Crippen LogP contribution is -2.55. The predicted molar refractivity (Wildman–Crippen MR) is 133 cm³/mol. The highest BCUT2D eigenvalue weighted by atomic mass is 28.4. The largest absolute Gasteiger partial charge is 0.414 e. The van der Waals surface area contributed by atoms with Gasteiger partial charge in [-0.25, -0.2) is 0 Å². The van der Waals surface area contributed by atoms with Crippen molar-refractivity contribution in [3.8, 4) is 0 Å². The molecule has 0 aromatic heterocycles. The first kappa shape index (κ1) is 24.0. The van der Waals surface area contributed by atoms with E-state index in [1.807, 2.05) is 6.92 Å². The molecule has 3 heteroatoms. The van der Waals surface area contributed by atoms with Crippen LogP contribution in [0.15, 0.2) is 12.7 Å². The molecular formula is C28H50O2Si. The van der Waals surface area contributed by atoms with Crippen molar-refractivity contribution in [1.82, 2.24) is 0 Å². The van der Waals surface area contributed by atoms with Crippen LogP contribution in [-0.4, -0.2) is 25.6 Å². The topological polar surface area (TPSA) is 29.5 Å². The minimum atomic E-state index is -1.69. The van der Waals surface area contributed by atoms with Gasteiger partial charge in [0.2, 0.25) is 0 Å². The van der Waals surface area contributed by atoms with Gasteiger partial charge in [-0.2, -0.15) is 0 Å². The fourth-order valence-corrected chi connectivity index (χ4v) is 10.2. The summed E-state index contributed by atoms with van der Waals surface area (Å²) in [6.07, 6.45) is 14.4. The molecule has 1 N–H and O–H groups in total. The van der Waals surface area contributed by atoms with Gasteiger partial charge in [0.25, 0.3) is 0 Å². The molecule has 0 aliphatic heterocycles. The molecule has 9 atom stereocenters. The van der Waals surface area contributed by atoms with Crippen molar-refractivity contribution in [1.29, 1.82) is 0 Å². The van der Waals surface area contributed by atoms with Gasteiger partial charge < -0.3 is 9.53 Å². The van der Waals surface area contributed by atoms with Gasteiger partial charge in [-0.05, 0) is 123 Å². The Balaban J connectivity index is 1.50. The van der Waals surface area contributed by atoms with E-state index in [0.29, 0.717) is 22.5 Å². The summed E-state index contributed by atoms with van der Waals surface area (Å²) < 4.78 is 6.91. The van der Waals surface area contributed by atoms with Gasteiger partial charge >= 0.3 is 0 Å². The van der Waals surface area contributed by atoms with E-state index in [2.05, 4.69) is 53.4 Å². The fraction of sp³-hybridized carbons (Fsp3) is 0.929. The van der Waals surface area contributed by atoms with E-state index in [9.17, 15) is 5.11 Å². The Morgan fingerprint density at radius 1 is 1.03 bits per heavy atom. The van der Waals surface area contributed by atoms with Gasteiger partial charge in [0.15, 0.2) is 8.32 Å². The smallest absolute Gasteiger partial charge is 0.192 e. The van der Waals surface area contributed by atoms with Crippen molar-refractivity contribution in [3.05, 3.63) is 12.7 Å². The van der Waals surface area contributed by atoms with Gasteiger partial charge in [-0.3, -0.25) is 0 Å². The molecule has 2 nitrogen and oxygen atoms in total. The summed E-state index contributed by atoms with van der Waals surface area (Å²) >= 11 is 0. The number of rotatable bonds is 4. The highest BCUT2D eigenvalue weighted by molar-refractivity contribution is 6.74. The molecule has 0 spiro atoms. The lowest BCUT2D eigenvalue weighted by Gasteiger charge is -2.61. The van der Waals surface area contributed by atoms with Gasteiger partial charge in [-0.15, -0.1) is 6.58 Å². The molecule has 178 valence electrons. The summed E-state index contributed by atoms with van der Waals surface area (Å²) in [7, 11) is -1.69. The minimum absolute atomic E-state index is 0.196. The molecule has 4 fully saturated rings. The standard InChI is InChI=1S/C28H50O2Si/c1-9-28-17-15-24-22(25(28)13-12-23(28)19(2)29)11-10-20-18-21(14-16-27(20,24)6)30-31(7,8)26(3,4)5/h9,19-25,29H,1,10-18H2,2-8H3/t19-,20+,21?,22+,23+,24-,25-,27-,28+/m0/s1. The van der Waals surface area contributed by atoms with E-state index >= 15 is 0 Å². The molecule has 0 bridgehead atoms. The molecule has 4 aliphatic rings. The second-order valence-corrected chi connectivity index (χ2v) is 18.5. The van der Waals surface area contributed by atoms with Gasteiger partial charge in [0, 0.05) is 6.10 Å². The maximum atomic E-state index is 10.5. The molecule has 4 saturated carbocycles. The molecule has 0 radical (unpaired) electrons. The van der Waals surface area contributed by atoms with E-state index in [0.717, 1.165) is 23.7 Å². The number of allylic oxidation sites excluding steroid dienone is 1. The lowest BCUT2D eigenvalue weighted by molar-refractivity contribution is -0.123. The molecule has 0 aromatic carbocycles. The van der Waals surface area contributed by atoms with Crippen molar-refractivity contribution >= 4 is 8.32 Å². The van der Waals surface area contributed by atoms with Crippen LogP contribution in [0, 0.1) is 40.4 Å². The number of hydrogen-bond acceptors (Lipinski definition) is 2. The van der Waals surface area contributed by atoms with Crippen molar-refractivity contribution in [2.24, 2.45) is 40.4 Å². The normalized spacial score (nSPS) is 46.6. The maximum Gasteiger partial charge on any atom is 0.192 e. The first-order valence-corrected chi connectivity index (χ1v) is 16.3. The van der Waals surface area contributed by atoms with Crippen LogP contribution in [-0.2, 0) is 4.43 Å². The van der Waals surface area contributed by atoms with E-state index < -0.39 is 8.32 Å². The lowest BCUT2D eigenvalue weighted by atomic mass is 9.44. The van der Waals surface area contributed by atoms with Crippen LogP contribution < -0.4 is 0 Å². The summed E-state index contributed by atoms with van der Waals surface area (Å²) in [5, 5.41) is 10.8. The van der Waals surface area contributed by atoms with E-state index in [1.54, 1.807) is 0 Å². The molecule has 4 aliphatic carbocycles. The monoisotopic (exact) mass is 446 g/mol. The first-order chi connectivity index (χ1) is 14.4. The SMILES string of the molecule is C=C[C@]12CC[C@H]3[C@@H](CC[C@@H]4CC(O[Si](C)(C)C(C)(C)C)CC[C@@]43C)[C@@H]1CC[C@@H]2[C@H](C)O. The Labute approximate surface area is 193 Å². The summed E-state index contributed by atoms with van der Waals surface area (Å²) in [5.41, 5.74) is 0.688. The Hall–Kier alpha value is -0.123. The van der Waals surface area contributed by atoms with E-state index in [-0.39, 0.29) is 11.5 Å². The average molecular weight is 447 g/mol. The van der Waals surface area contributed by atoms with E-state index in [1.165, 1.54) is 57.8 Å². The zero-order chi connectivity index (χ0) is 22.8. The third-order valence-corrected chi connectivity index (χ3v) is 16.0. The van der Waals surface area contributed by atoms with Crippen molar-refractivity contribution < 1.29 is 9.53 Å². The van der Waals surface area contributed by atoms with Crippen LogP contribution >= 0.6 is 0 Å². The first-order valence-electron chi connectivity index (χ1n) is 13.4. The summed E-state index contributed by atoms with van der Waals surface area (Å²) in [4.78, 5) is 0. The molecule has 0 heterocycles. The summed E-state index contributed by atoms with van der Waals surface area (Å²) in [5.74, 6) is 3.72. The Morgan fingerprint density at radius 3 is 2.35 bits per heavy atom. The molecule has 31 heavy (non-hydrogen) atoms. The summed E-state index contributed by atoms with van der Waals surface area (Å²) in [6.45, 7) is 20.9. The van der Waals surface area contributed by atoms with E-state index in [4.69, 9.17) is 4.43 Å². The predicted octanol–water partition coefficient (Wildman–Crippen LogP) is 7.58. The zero-order valence-electron chi connectivity index (χ0n) is 21.5. The number of fused-ring (bicyclic) bond motifs is 5.